The van der Waals surface area contributed by atoms with Gasteiger partial charge >= 0.3 is 0 Å². The van der Waals surface area contributed by atoms with E-state index in [0.717, 1.165) is 12.5 Å². The molecule has 0 aromatic carbocycles. The second kappa shape index (κ2) is 6.76. The van der Waals surface area contributed by atoms with E-state index in [9.17, 15) is 0 Å². The summed E-state index contributed by atoms with van der Waals surface area (Å²) >= 11 is 0. The van der Waals surface area contributed by atoms with Crippen LogP contribution in [-0.2, 0) is 4.74 Å². The predicted octanol–water partition coefficient (Wildman–Crippen LogP) is 2.80. The molecule has 0 bridgehead atoms. The van der Waals surface area contributed by atoms with Crippen LogP contribution in [0.15, 0.2) is 0 Å². The molecular formula is C17H32N2O. The van der Waals surface area contributed by atoms with Gasteiger partial charge in [-0.1, -0.05) is 12.8 Å². The fourth-order valence-electron chi connectivity index (χ4n) is 4.41. The molecule has 3 fully saturated rings. The lowest BCUT2D eigenvalue weighted by Gasteiger charge is -2.39. The standard InChI is InChI=1S/C17H32N2O/c1-19-11-5-15(6-12-19)4-10-18-16-7-13-20-17(14-16)8-2-3-9-17/h15-16,18H,2-14H2,1H3. The number of ether oxygens (including phenoxy) is 1. The van der Waals surface area contributed by atoms with Gasteiger partial charge < -0.3 is 15.0 Å². The van der Waals surface area contributed by atoms with Gasteiger partial charge in [-0.05, 0) is 77.5 Å². The van der Waals surface area contributed by atoms with Crippen molar-refractivity contribution in [2.24, 2.45) is 5.92 Å². The first kappa shape index (κ1) is 14.8. The molecule has 0 aromatic heterocycles. The van der Waals surface area contributed by atoms with E-state index in [2.05, 4.69) is 17.3 Å². The topological polar surface area (TPSA) is 24.5 Å². The molecule has 1 spiro atoms. The van der Waals surface area contributed by atoms with Crippen LogP contribution >= 0.6 is 0 Å². The molecule has 1 unspecified atom stereocenters. The van der Waals surface area contributed by atoms with Gasteiger partial charge in [0.05, 0.1) is 5.60 Å². The Morgan fingerprint density at radius 1 is 1.15 bits per heavy atom. The summed E-state index contributed by atoms with van der Waals surface area (Å²) in [6, 6.07) is 0.716. The van der Waals surface area contributed by atoms with Gasteiger partial charge in [-0.25, -0.2) is 0 Å². The third-order valence-corrected chi connectivity index (χ3v) is 5.83. The number of nitrogens with one attached hydrogen (secondary N) is 1. The van der Waals surface area contributed by atoms with E-state index in [1.807, 2.05) is 0 Å². The minimum absolute atomic E-state index is 0.267. The lowest BCUT2D eigenvalue weighted by Crippen LogP contribution is -2.46. The van der Waals surface area contributed by atoms with Crippen molar-refractivity contribution in [2.45, 2.75) is 69.4 Å². The summed E-state index contributed by atoms with van der Waals surface area (Å²) in [6.07, 6.45) is 12.0. The number of hydrogen-bond donors (Lipinski definition) is 1. The Kier molecular flexibility index (Phi) is 5.00. The molecule has 1 atom stereocenters. The summed E-state index contributed by atoms with van der Waals surface area (Å²) in [5, 5.41) is 3.84. The Morgan fingerprint density at radius 3 is 2.65 bits per heavy atom. The van der Waals surface area contributed by atoms with Crippen molar-refractivity contribution in [2.75, 3.05) is 33.3 Å². The molecule has 116 valence electrons. The first-order chi connectivity index (χ1) is 9.76. The summed E-state index contributed by atoms with van der Waals surface area (Å²) in [7, 11) is 2.25. The molecule has 1 N–H and O–H groups in total. The van der Waals surface area contributed by atoms with Crippen LogP contribution in [0.5, 0.6) is 0 Å². The smallest absolute Gasteiger partial charge is 0.0697 e. The SMILES string of the molecule is CN1CCC(CCNC2CCOC3(CCCC3)C2)CC1. The van der Waals surface area contributed by atoms with Gasteiger partial charge in [-0.2, -0.15) is 0 Å². The predicted molar refractivity (Wildman–Crippen MR) is 83.0 cm³/mol. The molecule has 2 heterocycles. The number of nitrogens with zero attached hydrogens (tertiary/aromatic N) is 1. The lowest BCUT2D eigenvalue weighted by molar-refractivity contribution is -0.0836. The Bertz CT molecular complexity index is 293. The average Bonchev–Trinajstić information content (AvgIpc) is 2.89. The highest BCUT2D eigenvalue weighted by Gasteiger charge is 2.39. The normalized spacial score (nSPS) is 31.9. The van der Waals surface area contributed by atoms with Gasteiger partial charge in [-0.15, -0.1) is 0 Å². The molecule has 20 heavy (non-hydrogen) atoms. The highest BCUT2D eigenvalue weighted by atomic mass is 16.5. The molecule has 1 aliphatic carbocycles. The van der Waals surface area contributed by atoms with Crippen LogP contribution in [0.2, 0.25) is 0 Å². The molecule has 1 saturated carbocycles. The van der Waals surface area contributed by atoms with Gasteiger partial charge in [0.2, 0.25) is 0 Å². The third-order valence-electron chi connectivity index (χ3n) is 5.83. The summed E-state index contributed by atoms with van der Waals surface area (Å²) in [5.41, 5.74) is 0.267. The monoisotopic (exact) mass is 280 g/mol. The molecular weight excluding hydrogens is 248 g/mol. The summed E-state index contributed by atoms with van der Waals surface area (Å²) in [5.74, 6) is 0.957. The van der Waals surface area contributed by atoms with E-state index in [-0.39, 0.29) is 5.60 Å². The van der Waals surface area contributed by atoms with E-state index >= 15 is 0 Å². The Hall–Kier alpha value is -0.120. The van der Waals surface area contributed by atoms with E-state index in [4.69, 9.17) is 4.74 Å². The van der Waals surface area contributed by atoms with Gasteiger partial charge in [0.1, 0.15) is 0 Å². The van der Waals surface area contributed by atoms with Crippen LogP contribution in [-0.4, -0.2) is 49.8 Å². The van der Waals surface area contributed by atoms with Crippen LogP contribution in [0.1, 0.15) is 57.8 Å². The second-order valence-corrected chi connectivity index (χ2v) is 7.42. The highest BCUT2D eigenvalue weighted by Crippen LogP contribution is 2.39. The zero-order valence-corrected chi connectivity index (χ0v) is 13.2. The van der Waals surface area contributed by atoms with Gasteiger partial charge in [-0.3, -0.25) is 0 Å². The van der Waals surface area contributed by atoms with Gasteiger partial charge in [0.15, 0.2) is 0 Å². The Labute approximate surface area is 124 Å². The molecule has 0 amide bonds. The zero-order valence-electron chi connectivity index (χ0n) is 13.2. The maximum absolute atomic E-state index is 6.12. The quantitative estimate of drug-likeness (QED) is 0.857. The number of piperidine rings is 1. The minimum Gasteiger partial charge on any atom is -0.375 e. The van der Waals surface area contributed by atoms with Crippen LogP contribution in [0.25, 0.3) is 0 Å². The molecule has 3 nitrogen and oxygen atoms in total. The van der Waals surface area contributed by atoms with E-state index in [1.165, 1.54) is 77.4 Å². The van der Waals surface area contributed by atoms with E-state index < -0.39 is 0 Å². The van der Waals surface area contributed by atoms with Crippen molar-refractivity contribution in [3.05, 3.63) is 0 Å². The number of likely N-dealkylation sites (tertiary alicyclic amines) is 1. The van der Waals surface area contributed by atoms with E-state index in [0.29, 0.717) is 6.04 Å². The number of rotatable bonds is 4. The largest absolute Gasteiger partial charge is 0.375 e. The molecule has 0 radical (unpaired) electrons. The first-order valence-corrected chi connectivity index (χ1v) is 8.82. The highest BCUT2D eigenvalue weighted by molar-refractivity contribution is 4.93. The van der Waals surface area contributed by atoms with Crippen molar-refractivity contribution < 1.29 is 4.74 Å². The van der Waals surface area contributed by atoms with Crippen molar-refractivity contribution in [1.82, 2.24) is 10.2 Å². The Morgan fingerprint density at radius 2 is 1.90 bits per heavy atom. The van der Waals surface area contributed by atoms with Crippen LogP contribution in [0, 0.1) is 5.92 Å². The lowest BCUT2D eigenvalue weighted by atomic mass is 9.88. The molecule has 3 aliphatic rings. The molecule has 2 saturated heterocycles. The van der Waals surface area contributed by atoms with Crippen LogP contribution in [0.4, 0.5) is 0 Å². The maximum atomic E-state index is 6.12. The molecule has 3 heteroatoms. The molecule has 2 aliphatic heterocycles. The summed E-state index contributed by atoms with van der Waals surface area (Å²) < 4.78 is 6.12. The zero-order chi connectivity index (χ0) is 13.8. The summed E-state index contributed by atoms with van der Waals surface area (Å²) in [4.78, 5) is 2.46. The van der Waals surface area contributed by atoms with Gasteiger partial charge in [0.25, 0.3) is 0 Å². The van der Waals surface area contributed by atoms with Crippen LogP contribution < -0.4 is 5.32 Å². The minimum atomic E-state index is 0.267. The molecule has 3 rings (SSSR count). The van der Waals surface area contributed by atoms with Crippen LogP contribution in [0.3, 0.4) is 0 Å². The van der Waals surface area contributed by atoms with Crippen molar-refractivity contribution in [3.63, 3.8) is 0 Å². The van der Waals surface area contributed by atoms with Gasteiger partial charge in [0, 0.05) is 12.6 Å². The fourth-order valence-corrected chi connectivity index (χ4v) is 4.41. The number of hydrogen-bond acceptors (Lipinski definition) is 3. The maximum Gasteiger partial charge on any atom is 0.0697 e. The average molecular weight is 280 g/mol. The first-order valence-electron chi connectivity index (χ1n) is 8.82. The summed E-state index contributed by atoms with van der Waals surface area (Å²) in [6.45, 7) is 4.79. The molecule has 0 aromatic rings. The van der Waals surface area contributed by atoms with Crippen molar-refractivity contribution >= 4 is 0 Å². The van der Waals surface area contributed by atoms with Crippen molar-refractivity contribution in [1.29, 1.82) is 0 Å². The fraction of sp³-hybridized carbons (Fsp3) is 1.00. The third kappa shape index (κ3) is 3.75. The van der Waals surface area contributed by atoms with E-state index in [1.54, 1.807) is 0 Å². The Balaban J connectivity index is 1.36. The second-order valence-electron chi connectivity index (χ2n) is 7.42. The van der Waals surface area contributed by atoms with Crippen molar-refractivity contribution in [3.8, 4) is 0 Å².